The van der Waals surface area contributed by atoms with Gasteiger partial charge in [0, 0.05) is 11.9 Å². The molecule has 2 heterocycles. The first-order chi connectivity index (χ1) is 10.2. The van der Waals surface area contributed by atoms with Gasteiger partial charge < -0.3 is 10.0 Å². The summed E-state index contributed by atoms with van der Waals surface area (Å²) in [6, 6.07) is 12.0. The summed E-state index contributed by atoms with van der Waals surface area (Å²) in [4.78, 5) is 14.6. The number of carbonyl (C=O) groups is 1. The normalized spacial score (nSPS) is 21.7. The van der Waals surface area contributed by atoms with E-state index in [1.807, 2.05) is 39.9 Å². The monoisotopic (exact) mass is 301 g/mol. The molecule has 1 saturated heterocycles. The number of amides is 1. The van der Waals surface area contributed by atoms with Crippen LogP contribution in [0.4, 0.5) is 0 Å². The number of thiophene rings is 1. The van der Waals surface area contributed by atoms with Gasteiger partial charge in [-0.1, -0.05) is 30.3 Å². The quantitative estimate of drug-likeness (QED) is 0.943. The molecule has 0 radical (unpaired) electrons. The Kier molecular flexibility index (Phi) is 4.08. The molecular weight excluding hydrogens is 282 g/mol. The van der Waals surface area contributed by atoms with Crippen molar-refractivity contribution in [3.05, 3.63) is 58.3 Å². The Bertz CT molecular complexity index is 597. The second-order valence-electron chi connectivity index (χ2n) is 5.62. The summed E-state index contributed by atoms with van der Waals surface area (Å²) >= 11 is 1.53. The van der Waals surface area contributed by atoms with Gasteiger partial charge in [-0.15, -0.1) is 0 Å². The highest BCUT2D eigenvalue weighted by atomic mass is 32.1. The van der Waals surface area contributed by atoms with E-state index in [1.54, 1.807) is 0 Å². The molecule has 2 aromatic rings. The Balaban J connectivity index is 1.87. The maximum absolute atomic E-state index is 12.7. The van der Waals surface area contributed by atoms with E-state index < -0.39 is 5.54 Å². The fourth-order valence-electron chi connectivity index (χ4n) is 3.18. The minimum absolute atomic E-state index is 0.0117. The fourth-order valence-corrected chi connectivity index (χ4v) is 3.81. The molecule has 3 rings (SSSR count). The molecule has 1 fully saturated rings. The Morgan fingerprint density at radius 1 is 1.29 bits per heavy atom. The van der Waals surface area contributed by atoms with Crippen LogP contribution in [0.3, 0.4) is 0 Å². The standard InChI is InChI=1S/C17H19NO2S/c19-13-17(11-14-5-2-1-3-6-14)8-4-9-18(17)16(20)15-7-10-21-12-15/h1-3,5-7,10,12,19H,4,8-9,11,13H2. The van der Waals surface area contributed by atoms with Crippen LogP contribution < -0.4 is 0 Å². The van der Waals surface area contributed by atoms with Crippen molar-refractivity contribution in [1.29, 1.82) is 0 Å². The largest absolute Gasteiger partial charge is 0.394 e. The molecule has 0 aliphatic carbocycles. The van der Waals surface area contributed by atoms with E-state index >= 15 is 0 Å². The summed E-state index contributed by atoms with van der Waals surface area (Å²) in [5.41, 5.74) is 1.43. The zero-order chi connectivity index (χ0) is 14.7. The Morgan fingerprint density at radius 2 is 2.10 bits per heavy atom. The zero-order valence-electron chi connectivity index (χ0n) is 11.9. The second kappa shape index (κ2) is 6.00. The molecule has 0 bridgehead atoms. The zero-order valence-corrected chi connectivity index (χ0v) is 12.7. The molecule has 1 unspecified atom stereocenters. The van der Waals surface area contributed by atoms with Crippen LogP contribution in [0.1, 0.15) is 28.8 Å². The number of benzene rings is 1. The van der Waals surface area contributed by atoms with E-state index in [4.69, 9.17) is 0 Å². The number of aliphatic hydroxyl groups is 1. The van der Waals surface area contributed by atoms with E-state index in [2.05, 4.69) is 12.1 Å². The number of hydrogen-bond donors (Lipinski definition) is 1. The van der Waals surface area contributed by atoms with Gasteiger partial charge in [0.25, 0.3) is 5.91 Å². The van der Waals surface area contributed by atoms with Crippen molar-refractivity contribution in [3.8, 4) is 0 Å². The number of rotatable bonds is 4. The van der Waals surface area contributed by atoms with Gasteiger partial charge in [0.2, 0.25) is 0 Å². The molecule has 21 heavy (non-hydrogen) atoms. The lowest BCUT2D eigenvalue weighted by atomic mass is 9.88. The van der Waals surface area contributed by atoms with Crippen molar-refractivity contribution < 1.29 is 9.90 Å². The minimum atomic E-state index is -0.458. The molecule has 1 aromatic carbocycles. The lowest BCUT2D eigenvalue weighted by molar-refractivity contribution is 0.0413. The topological polar surface area (TPSA) is 40.5 Å². The van der Waals surface area contributed by atoms with Crippen molar-refractivity contribution in [2.75, 3.05) is 13.2 Å². The molecular formula is C17H19NO2S. The van der Waals surface area contributed by atoms with Crippen LogP contribution in [0.5, 0.6) is 0 Å². The predicted molar refractivity (Wildman–Crippen MR) is 84.6 cm³/mol. The molecule has 0 saturated carbocycles. The summed E-state index contributed by atoms with van der Waals surface area (Å²) in [7, 11) is 0. The van der Waals surface area contributed by atoms with E-state index in [-0.39, 0.29) is 12.5 Å². The fraction of sp³-hybridized carbons (Fsp3) is 0.353. The van der Waals surface area contributed by atoms with E-state index in [0.29, 0.717) is 6.42 Å². The van der Waals surface area contributed by atoms with Gasteiger partial charge in [0.1, 0.15) is 0 Å². The van der Waals surface area contributed by atoms with Gasteiger partial charge >= 0.3 is 0 Å². The number of carbonyl (C=O) groups excluding carboxylic acids is 1. The van der Waals surface area contributed by atoms with E-state index in [9.17, 15) is 9.90 Å². The summed E-state index contributed by atoms with van der Waals surface area (Å²) < 4.78 is 0. The van der Waals surface area contributed by atoms with Crippen LogP contribution in [0.2, 0.25) is 0 Å². The van der Waals surface area contributed by atoms with Crippen molar-refractivity contribution in [2.45, 2.75) is 24.8 Å². The smallest absolute Gasteiger partial charge is 0.255 e. The van der Waals surface area contributed by atoms with Crippen molar-refractivity contribution >= 4 is 17.2 Å². The van der Waals surface area contributed by atoms with Crippen molar-refractivity contribution in [2.24, 2.45) is 0 Å². The third-order valence-electron chi connectivity index (χ3n) is 4.28. The summed E-state index contributed by atoms with van der Waals surface area (Å²) in [5.74, 6) is 0.0405. The van der Waals surface area contributed by atoms with Gasteiger partial charge in [0.15, 0.2) is 0 Å². The molecule has 4 heteroatoms. The molecule has 1 aliphatic heterocycles. The number of likely N-dealkylation sites (tertiary alicyclic amines) is 1. The molecule has 1 amide bonds. The first-order valence-electron chi connectivity index (χ1n) is 7.24. The molecule has 3 nitrogen and oxygen atoms in total. The highest BCUT2D eigenvalue weighted by Gasteiger charge is 2.43. The third kappa shape index (κ3) is 2.74. The van der Waals surface area contributed by atoms with E-state index in [0.717, 1.165) is 30.5 Å². The molecule has 1 aromatic heterocycles. The maximum Gasteiger partial charge on any atom is 0.255 e. The lowest BCUT2D eigenvalue weighted by Crippen LogP contribution is -2.51. The number of aliphatic hydroxyl groups excluding tert-OH is 1. The van der Waals surface area contributed by atoms with Gasteiger partial charge in [-0.25, -0.2) is 0 Å². The summed E-state index contributed by atoms with van der Waals surface area (Å²) in [5, 5.41) is 13.8. The molecule has 1 N–H and O–H groups in total. The van der Waals surface area contributed by atoms with E-state index in [1.165, 1.54) is 11.3 Å². The van der Waals surface area contributed by atoms with Crippen LogP contribution in [0.25, 0.3) is 0 Å². The Labute approximate surface area is 128 Å². The van der Waals surface area contributed by atoms with Gasteiger partial charge in [-0.2, -0.15) is 11.3 Å². The maximum atomic E-state index is 12.7. The molecule has 1 aliphatic rings. The van der Waals surface area contributed by atoms with Crippen LogP contribution in [-0.4, -0.2) is 34.6 Å². The number of hydrogen-bond acceptors (Lipinski definition) is 3. The highest BCUT2D eigenvalue weighted by molar-refractivity contribution is 7.08. The number of nitrogens with zero attached hydrogens (tertiary/aromatic N) is 1. The highest BCUT2D eigenvalue weighted by Crippen LogP contribution is 2.34. The first-order valence-corrected chi connectivity index (χ1v) is 8.18. The average molecular weight is 301 g/mol. The van der Waals surface area contributed by atoms with Crippen molar-refractivity contribution in [1.82, 2.24) is 4.90 Å². The lowest BCUT2D eigenvalue weighted by Gasteiger charge is -2.37. The van der Waals surface area contributed by atoms with Crippen LogP contribution >= 0.6 is 11.3 Å². The third-order valence-corrected chi connectivity index (χ3v) is 4.96. The van der Waals surface area contributed by atoms with Gasteiger partial charge in [0.05, 0.1) is 17.7 Å². The second-order valence-corrected chi connectivity index (χ2v) is 6.40. The van der Waals surface area contributed by atoms with Crippen LogP contribution in [0, 0.1) is 0 Å². The molecule has 1 atom stereocenters. The van der Waals surface area contributed by atoms with Gasteiger partial charge in [-0.05, 0) is 36.3 Å². The Hall–Kier alpha value is -1.65. The summed E-state index contributed by atoms with van der Waals surface area (Å²) in [6.07, 6.45) is 2.51. The van der Waals surface area contributed by atoms with Gasteiger partial charge in [-0.3, -0.25) is 4.79 Å². The first kappa shape index (κ1) is 14.3. The van der Waals surface area contributed by atoms with Crippen LogP contribution in [-0.2, 0) is 6.42 Å². The molecule has 0 spiro atoms. The minimum Gasteiger partial charge on any atom is -0.394 e. The molecule has 110 valence electrons. The Morgan fingerprint density at radius 3 is 2.76 bits per heavy atom. The van der Waals surface area contributed by atoms with Crippen LogP contribution in [0.15, 0.2) is 47.2 Å². The average Bonchev–Trinajstić information content (AvgIpc) is 3.18. The van der Waals surface area contributed by atoms with Crippen molar-refractivity contribution in [3.63, 3.8) is 0 Å². The predicted octanol–water partition coefficient (Wildman–Crippen LogP) is 2.96. The summed E-state index contributed by atoms with van der Waals surface area (Å²) in [6.45, 7) is 0.736. The SMILES string of the molecule is O=C(c1ccsc1)N1CCCC1(CO)Cc1ccccc1.